The molecule has 1 saturated carbocycles. The molecule has 0 radical (unpaired) electrons. The van der Waals surface area contributed by atoms with E-state index in [-0.39, 0.29) is 35.6 Å². The Labute approximate surface area is 152 Å². The number of hydrogen-bond acceptors (Lipinski definition) is 6. The molecule has 8 nitrogen and oxygen atoms in total. The van der Waals surface area contributed by atoms with E-state index >= 15 is 0 Å². The SMILES string of the molecule is CCOc1ccc(C(=O)OCC(=O)N[C@H]2CCCC[C@H]2C)cc1[N+](=O)[O-]. The minimum absolute atomic E-state index is 0.000938. The number of esters is 1. The van der Waals surface area contributed by atoms with Crippen LogP contribution in [0.5, 0.6) is 5.75 Å². The zero-order chi connectivity index (χ0) is 19.1. The second-order valence-corrected chi connectivity index (χ2v) is 6.38. The van der Waals surface area contributed by atoms with Crippen LogP contribution in [0.15, 0.2) is 18.2 Å². The first-order valence-electron chi connectivity index (χ1n) is 8.80. The molecular formula is C18H24N2O6. The average Bonchev–Trinajstić information content (AvgIpc) is 2.62. The van der Waals surface area contributed by atoms with E-state index in [2.05, 4.69) is 12.2 Å². The van der Waals surface area contributed by atoms with E-state index in [0.29, 0.717) is 5.92 Å². The smallest absolute Gasteiger partial charge is 0.338 e. The number of rotatable bonds is 7. The van der Waals surface area contributed by atoms with Crippen LogP contribution in [0.25, 0.3) is 0 Å². The number of carbonyl (C=O) groups excluding carboxylic acids is 2. The predicted molar refractivity (Wildman–Crippen MR) is 94.1 cm³/mol. The van der Waals surface area contributed by atoms with Crippen molar-refractivity contribution in [2.45, 2.75) is 45.6 Å². The maximum absolute atomic E-state index is 12.1. The monoisotopic (exact) mass is 364 g/mol. The number of nitro benzene ring substituents is 1. The molecule has 0 heterocycles. The van der Waals surface area contributed by atoms with Gasteiger partial charge in [-0.2, -0.15) is 0 Å². The van der Waals surface area contributed by atoms with Crippen LogP contribution in [-0.4, -0.2) is 36.1 Å². The highest BCUT2D eigenvalue weighted by atomic mass is 16.6. The van der Waals surface area contributed by atoms with Gasteiger partial charge in [-0.1, -0.05) is 19.8 Å². The highest BCUT2D eigenvalue weighted by molar-refractivity contribution is 5.92. The topological polar surface area (TPSA) is 108 Å². The lowest BCUT2D eigenvalue weighted by atomic mass is 9.86. The number of benzene rings is 1. The average molecular weight is 364 g/mol. The minimum atomic E-state index is -0.789. The van der Waals surface area contributed by atoms with Crippen molar-refractivity contribution >= 4 is 17.6 Å². The standard InChI is InChI=1S/C18H24N2O6/c1-3-25-16-9-8-13(10-15(16)20(23)24)18(22)26-11-17(21)19-14-7-5-4-6-12(14)2/h8-10,12,14H,3-7,11H2,1-2H3,(H,19,21)/t12-,14+/m1/s1. The van der Waals surface area contributed by atoms with Gasteiger partial charge in [0.1, 0.15) is 0 Å². The number of nitrogens with one attached hydrogen (secondary N) is 1. The number of nitrogens with zero attached hydrogens (tertiary/aromatic N) is 1. The molecule has 1 aliphatic rings. The summed E-state index contributed by atoms with van der Waals surface area (Å²) in [7, 11) is 0. The molecule has 1 amide bonds. The molecule has 0 unspecified atom stereocenters. The molecule has 8 heteroatoms. The molecule has 26 heavy (non-hydrogen) atoms. The van der Waals surface area contributed by atoms with Crippen molar-refractivity contribution in [3.8, 4) is 5.75 Å². The summed E-state index contributed by atoms with van der Waals surface area (Å²) in [4.78, 5) is 34.5. The summed E-state index contributed by atoms with van der Waals surface area (Å²) in [6, 6.07) is 3.92. The lowest BCUT2D eigenvalue weighted by Crippen LogP contribution is -2.42. The van der Waals surface area contributed by atoms with Crippen molar-refractivity contribution in [2.75, 3.05) is 13.2 Å². The van der Waals surface area contributed by atoms with Crippen molar-refractivity contribution in [2.24, 2.45) is 5.92 Å². The zero-order valence-corrected chi connectivity index (χ0v) is 15.0. The van der Waals surface area contributed by atoms with Crippen molar-refractivity contribution in [1.29, 1.82) is 0 Å². The first-order valence-corrected chi connectivity index (χ1v) is 8.80. The van der Waals surface area contributed by atoms with E-state index in [4.69, 9.17) is 9.47 Å². The van der Waals surface area contributed by atoms with E-state index in [1.165, 1.54) is 18.6 Å². The Kier molecular flexibility index (Phi) is 6.94. The molecular weight excluding hydrogens is 340 g/mol. The van der Waals surface area contributed by atoms with Gasteiger partial charge < -0.3 is 14.8 Å². The van der Waals surface area contributed by atoms with Gasteiger partial charge in [-0.05, 0) is 37.8 Å². The number of ether oxygens (including phenoxy) is 2. The molecule has 0 spiro atoms. The summed E-state index contributed by atoms with van der Waals surface area (Å²) in [6.45, 7) is 3.65. The fourth-order valence-corrected chi connectivity index (χ4v) is 3.06. The number of amides is 1. The van der Waals surface area contributed by atoms with Crippen molar-refractivity contribution < 1.29 is 24.0 Å². The quantitative estimate of drug-likeness (QED) is 0.453. The molecule has 1 aromatic carbocycles. The van der Waals surface area contributed by atoms with Gasteiger partial charge >= 0.3 is 11.7 Å². The van der Waals surface area contributed by atoms with Crippen LogP contribution in [0.4, 0.5) is 5.69 Å². The van der Waals surface area contributed by atoms with Crippen LogP contribution >= 0.6 is 0 Å². The largest absolute Gasteiger partial charge is 0.487 e. The number of hydrogen-bond donors (Lipinski definition) is 1. The van der Waals surface area contributed by atoms with Gasteiger partial charge in [-0.3, -0.25) is 14.9 Å². The fraction of sp³-hybridized carbons (Fsp3) is 0.556. The summed E-state index contributed by atoms with van der Waals surface area (Å²) in [5, 5.41) is 14.0. The Morgan fingerprint density at radius 3 is 2.69 bits per heavy atom. The molecule has 2 rings (SSSR count). The van der Waals surface area contributed by atoms with Crippen LogP contribution in [0.3, 0.4) is 0 Å². The summed E-state index contributed by atoms with van der Waals surface area (Å²) in [5.74, 6) is -0.671. The van der Waals surface area contributed by atoms with E-state index < -0.39 is 17.5 Å². The molecule has 1 fully saturated rings. The molecule has 1 N–H and O–H groups in total. The molecule has 1 aromatic rings. The molecule has 0 aliphatic heterocycles. The van der Waals surface area contributed by atoms with E-state index in [9.17, 15) is 19.7 Å². The molecule has 0 aromatic heterocycles. The lowest BCUT2D eigenvalue weighted by molar-refractivity contribution is -0.385. The molecule has 142 valence electrons. The molecule has 1 aliphatic carbocycles. The van der Waals surface area contributed by atoms with E-state index in [1.807, 2.05) is 0 Å². The van der Waals surface area contributed by atoms with Crippen molar-refractivity contribution in [3.63, 3.8) is 0 Å². The third-order valence-electron chi connectivity index (χ3n) is 4.48. The van der Waals surface area contributed by atoms with Gasteiger partial charge in [-0.25, -0.2) is 4.79 Å². The Hall–Kier alpha value is -2.64. The Morgan fingerprint density at radius 1 is 1.31 bits per heavy atom. The third kappa shape index (κ3) is 5.18. The van der Waals surface area contributed by atoms with Gasteiger partial charge in [0.2, 0.25) is 0 Å². The van der Waals surface area contributed by atoms with Crippen LogP contribution in [0.2, 0.25) is 0 Å². The summed E-state index contributed by atoms with van der Waals surface area (Å²) >= 11 is 0. The van der Waals surface area contributed by atoms with Crippen LogP contribution in [0, 0.1) is 16.0 Å². The second-order valence-electron chi connectivity index (χ2n) is 6.38. The molecule has 0 saturated heterocycles. The Bertz CT molecular complexity index is 676. The third-order valence-corrected chi connectivity index (χ3v) is 4.48. The summed E-state index contributed by atoms with van der Waals surface area (Å²) < 4.78 is 10.2. The normalized spacial score (nSPS) is 19.5. The van der Waals surface area contributed by atoms with Crippen molar-refractivity contribution in [3.05, 3.63) is 33.9 Å². The Morgan fingerprint density at radius 2 is 2.04 bits per heavy atom. The van der Waals surface area contributed by atoms with Gasteiger partial charge in [0.15, 0.2) is 12.4 Å². The van der Waals surface area contributed by atoms with Crippen molar-refractivity contribution in [1.82, 2.24) is 5.32 Å². The number of carbonyl (C=O) groups is 2. The molecule has 2 atom stereocenters. The fourth-order valence-electron chi connectivity index (χ4n) is 3.06. The highest BCUT2D eigenvalue weighted by Crippen LogP contribution is 2.28. The first kappa shape index (κ1) is 19.7. The maximum Gasteiger partial charge on any atom is 0.338 e. The minimum Gasteiger partial charge on any atom is -0.487 e. The van der Waals surface area contributed by atoms with Gasteiger partial charge in [-0.15, -0.1) is 0 Å². The van der Waals surface area contributed by atoms with E-state index in [1.54, 1.807) is 6.92 Å². The maximum atomic E-state index is 12.1. The Balaban J connectivity index is 1.93. The van der Waals surface area contributed by atoms with Gasteiger partial charge in [0.25, 0.3) is 5.91 Å². The second kappa shape index (κ2) is 9.17. The van der Waals surface area contributed by atoms with Crippen LogP contribution < -0.4 is 10.1 Å². The molecule has 0 bridgehead atoms. The van der Waals surface area contributed by atoms with Crippen LogP contribution in [0.1, 0.15) is 49.9 Å². The predicted octanol–water partition coefficient (Wildman–Crippen LogP) is 2.85. The van der Waals surface area contributed by atoms with Gasteiger partial charge in [0, 0.05) is 12.1 Å². The van der Waals surface area contributed by atoms with Crippen LogP contribution in [-0.2, 0) is 9.53 Å². The van der Waals surface area contributed by atoms with Gasteiger partial charge in [0.05, 0.1) is 17.1 Å². The first-order chi connectivity index (χ1) is 12.4. The lowest BCUT2D eigenvalue weighted by Gasteiger charge is -2.29. The summed E-state index contributed by atoms with van der Waals surface area (Å²) in [6.07, 6.45) is 4.23. The summed E-state index contributed by atoms with van der Waals surface area (Å²) in [5.41, 5.74) is -0.319. The highest BCUT2D eigenvalue weighted by Gasteiger charge is 2.24. The number of nitro groups is 1. The zero-order valence-electron chi connectivity index (χ0n) is 15.0. The van der Waals surface area contributed by atoms with E-state index in [0.717, 1.165) is 25.3 Å².